The van der Waals surface area contributed by atoms with Crippen LogP contribution in [0, 0.1) is 5.82 Å². The molecule has 2 rings (SSSR count). The summed E-state index contributed by atoms with van der Waals surface area (Å²) in [6, 6.07) is 14.1. The van der Waals surface area contributed by atoms with E-state index in [0.717, 1.165) is 16.9 Å². The third kappa shape index (κ3) is 3.81. The van der Waals surface area contributed by atoms with Gasteiger partial charge in [-0.25, -0.2) is 4.39 Å². The zero-order valence-electron chi connectivity index (χ0n) is 11.0. The average Bonchev–Trinajstić information content (AvgIpc) is 2.41. The number of anilines is 2. The average molecular weight is 257 g/mol. The number of rotatable bonds is 4. The van der Waals surface area contributed by atoms with Gasteiger partial charge in [-0.1, -0.05) is 12.1 Å². The number of hydrogen-bond acceptors (Lipinski definition) is 3. The Morgan fingerprint density at radius 1 is 1.00 bits per heavy atom. The molecule has 0 aromatic heterocycles. The molecule has 0 unspecified atom stereocenters. The van der Waals surface area contributed by atoms with Gasteiger partial charge in [0.2, 0.25) is 0 Å². The molecule has 0 fully saturated rings. The number of benzene rings is 2. The van der Waals surface area contributed by atoms with Gasteiger partial charge in [-0.15, -0.1) is 0 Å². The highest BCUT2D eigenvalue weighted by molar-refractivity contribution is 5.80. The predicted octanol–water partition coefficient (Wildman–Crippen LogP) is 3.34. The molecule has 0 amide bonds. The summed E-state index contributed by atoms with van der Waals surface area (Å²) in [6.07, 6.45) is 1.72. The second-order valence-electron chi connectivity index (χ2n) is 4.36. The van der Waals surface area contributed by atoms with Crippen LogP contribution in [0.25, 0.3) is 0 Å². The first kappa shape index (κ1) is 13.1. The third-order valence-electron chi connectivity index (χ3n) is 2.66. The molecular formula is C15H16FN3. The fourth-order valence-corrected chi connectivity index (χ4v) is 1.56. The Balaban J connectivity index is 1.97. The van der Waals surface area contributed by atoms with Gasteiger partial charge in [0.05, 0.1) is 11.9 Å². The third-order valence-corrected chi connectivity index (χ3v) is 2.66. The molecule has 4 heteroatoms. The molecule has 2 aromatic carbocycles. The van der Waals surface area contributed by atoms with Gasteiger partial charge in [0.15, 0.2) is 0 Å². The lowest BCUT2D eigenvalue weighted by atomic mass is 10.2. The minimum Gasteiger partial charge on any atom is -0.378 e. The lowest BCUT2D eigenvalue weighted by molar-refractivity contribution is 0.628. The van der Waals surface area contributed by atoms with Crippen LogP contribution in [0.1, 0.15) is 5.56 Å². The predicted molar refractivity (Wildman–Crippen MR) is 78.4 cm³/mol. The molecule has 19 heavy (non-hydrogen) atoms. The van der Waals surface area contributed by atoms with E-state index in [0.29, 0.717) is 0 Å². The summed E-state index contributed by atoms with van der Waals surface area (Å²) in [7, 11) is 4.00. The van der Waals surface area contributed by atoms with Gasteiger partial charge in [0.25, 0.3) is 0 Å². The Kier molecular flexibility index (Phi) is 4.13. The standard InChI is InChI=1S/C15H16FN3/c1-19(2)15-9-3-12(4-10-15)11-17-18-14-7-5-13(16)6-8-14/h3-11,18H,1-2H3/b17-11+. The number of nitrogens with one attached hydrogen (secondary N) is 1. The summed E-state index contributed by atoms with van der Waals surface area (Å²) in [4.78, 5) is 2.04. The number of halogens is 1. The van der Waals surface area contributed by atoms with Crippen LogP contribution >= 0.6 is 0 Å². The number of hydrazone groups is 1. The summed E-state index contributed by atoms with van der Waals surface area (Å²) < 4.78 is 12.7. The van der Waals surface area contributed by atoms with E-state index in [1.807, 2.05) is 43.3 Å². The van der Waals surface area contributed by atoms with Crippen molar-refractivity contribution >= 4 is 17.6 Å². The first-order valence-electron chi connectivity index (χ1n) is 5.97. The van der Waals surface area contributed by atoms with Gasteiger partial charge in [0, 0.05) is 19.8 Å². The van der Waals surface area contributed by atoms with Crippen LogP contribution in [-0.2, 0) is 0 Å². The lowest BCUT2D eigenvalue weighted by Gasteiger charge is -2.11. The molecule has 0 aliphatic rings. The molecule has 0 saturated heterocycles. The SMILES string of the molecule is CN(C)c1ccc(/C=N/Nc2ccc(F)cc2)cc1. The summed E-state index contributed by atoms with van der Waals surface area (Å²) in [5.41, 5.74) is 5.74. The zero-order valence-corrected chi connectivity index (χ0v) is 11.0. The van der Waals surface area contributed by atoms with Gasteiger partial charge in [0.1, 0.15) is 5.82 Å². The van der Waals surface area contributed by atoms with Crippen molar-refractivity contribution < 1.29 is 4.39 Å². The quantitative estimate of drug-likeness (QED) is 0.672. The van der Waals surface area contributed by atoms with Gasteiger partial charge >= 0.3 is 0 Å². The highest BCUT2D eigenvalue weighted by Gasteiger charge is 1.94. The molecule has 0 heterocycles. The Bertz CT molecular complexity index is 545. The van der Waals surface area contributed by atoms with Crippen molar-refractivity contribution in [2.75, 3.05) is 24.4 Å². The molecule has 0 aliphatic carbocycles. The van der Waals surface area contributed by atoms with Crippen LogP contribution in [0.15, 0.2) is 53.6 Å². The van der Waals surface area contributed by atoms with Crippen LogP contribution in [0.5, 0.6) is 0 Å². The van der Waals surface area contributed by atoms with Gasteiger partial charge < -0.3 is 4.90 Å². The van der Waals surface area contributed by atoms with Crippen LogP contribution < -0.4 is 10.3 Å². The molecule has 2 aromatic rings. The van der Waals surface area contributed by atoms with Crippen molar-refractivity contribution in [3.8, 4) is 0 Å². The van der Waals surface area contributed by atoms with Crippen molar-refractivity contribution in [2.45, 2.75) is 0 Å². The van der Waals surface area contributed by atoms with E-state index in [9.17, 15) is 4.39 Å². The van der Waals surface area contributed by atoms with E-state index in [4.69, 9.17) is 0 Å². The van der Waals surface area contributed by atoms with Gasteiger partial charge in [-0.3, -0.25) is 5.43 Å². The van der Waals surface area contributed by atoms with E-state index in [1.54, 1.807) is 18.3 Å². The van der Waals surface area contributed by atoms with Crippen molar-refractivity contribution in [2.24, 2.45) is 5.10 Å². The molecular weight excluding hydrogens is 241 g/mol. The van der Waals surface area contributed by atoms with Crippen molar-refractivity contribution in [1.82, 2.24) is 0 Å². The van der Waals surface area contributed by atoms with E-state index >= 15 is 0 Å². The minimum atomic E-state index is -0.256. The summed E-state index contributed by atoms with van der Waals surface area (Å²) in [6.45, 7) is 0. The molecule has 98 valence electrons. The molecule has 1 N–H and O–H groups in total. The summed E-state index contributed by atoms with van der Waals surface area (Å²) in [5.74, 6) is -0.256. The number of hydrogen-bond donors (Lipinski definition) is 1. The van der Waals surface area contributed by atoms with E-state index in [2.05, 4.69) is 10.5 Å². The molecule has 0 atom stereocenters. The first-order chi connectivity index (χ1) is 9.15. The topological polar surface area (TPSA) is 27.6 Å². The lowest BCUT2D eigenvalue weighted by Crippen LogP contribution is -2.08. The van der Waals surface area contributed by atoms with Crippen LogP contribution in [-0.4, -0.2) is 20.3 Å². The van der Waals surface area contributed by atoms with E-state index in [1.165, 1.54) is 12.1 Å². The Morgan fingerprint density at radius 2 is 1.63 bits per heavy atom. The molecule has 0 spiro atoms. The monoisotopic (exact) mass is 257 g/mol. The van der Waals surface area contributed by atoms with Crippen molar-refractivity contribution in [3.05, 3.63) is 59.9 Å². The number of nitrogens with zero attached hydrogens (tertiary/aromatic N) is 2. The molecule has 0 saturated carbocycles. The highest BCUT2D eigenvalue weighted by Crippen LogP contribution is 2.11. The van der Waals surface area contributed by atoms with Crippen LogP contribution in [0.4, 0.5) is 15.8 Å². The van der Waals surface area contributed by atoms with Crippen molar-refractivity contribution in [1.29, 1.82) is 0 Å². The largest absolute Gasteiger partial charge is 0.378 e. The maximum atomic E-state index is 12.7. The summed E-state index contributed by atoms with van der Waals surface area (Å²) in [5, 5.41) is 4.10. The first-order valence-corrected chi connectivity index (χ1v) is 5.97. The molecule has 0 aliphatic heterocycles. The normalized spacial score (nSPS) is 10.7. The van der Waals surface area contributed by atoms with Crippen LogP contribution in [0.3, 0.4) is 0 Å². The van der Waals surface area contributed by atoms with E-state index < -0.39 is 0 Å². The fourth-order valence-electron chi connectivity index (χ4n) is 1.56. The van der Waals surface area contributed by atoms with Gasteiger partial charge in [-0.2, -0.15) is 5.10 Å². The highest BCUT2D eigenvalue weighted by atomic mass is 19.1. The minimum absolute atomic E-state index is 0.256. The van der Waals surface area contributed by atoms with E-state index in [-0.39, 0.29) is 5.82 Å². The molecule has 0 bridgehead atoms. The molecule has 3 nitrogen and oxygen atoms in total. The maximum Gasteiger partial charge on any atom is 0.123 e. The Hall–Kier alpha value is -2.36. The fraction of sp³-hybridized carbons (Fsp3) is 0.133. The Labute approximate surface area is 112 Å². The van der Waals surface area contributed by atoms with Crippen molar-refractivity contribution in [3.63, 3.8) is 0 Å². The smallest absolute Gasteiger partial charge is 0.123 e. The van der Waals surface area contributed by atoms with Gasteiger partial charge in [-0.05, 0) is 42.0 Å². The maximum absolute atomic E-state index is 12.7. The van der Waals surface area contributed by atoms with Crippen LogP contribution in [0.2, 0.25) is 0 Å². The second kappa shape index (κ2) is 6.00. The summed E-state index contributed by atoms with van der Waals surface area (Å²) >= 11 is 0. The second-order valence-corrected chi connectivity index (χ2v) is 4.36. The molecule has 0 radical (unpaired) electrons. The zero-order chi connectivity index (χ0) is 13.7. The Morgan fingerprint density at radius 3 is 2.21 bits per heavy atom.